The van der Waals surface area contributed by atoms with E-state index in [9.17, 15) is 39.5 Å². The molecule has 5 atom stereocenters. The number of hydrogen-bond acceptors (Lipinski definition) is 6. The molecule has 11 heteroatoms. The summed E-state index contributed by atoms with van der Waals surface area (Å²) in [6, 6.07) is -0.908. The topological polar surface area (TPSA) is 167 Å². The number of carboxylic acid groups (broad SMARTS) is 2. The van der Waals surface area contributed by atoms with Crippen LogP contribution >= 0.6 is 0 Å². The molecule has 0 bridgehead atoms. The normalized spacial score (nSPS) is 32.5. The maximum absolute atomic E-state index is 12.5. The number of aliphatic carboxylic acids is 2. The predicted molar refractivity (Wildman–Crippen MR) is 106 cm³/mol. The molecule has 1 saturated heterocycles. The summed E-state index contributed by atoms with van der Waals surface area (Å²) in [6.45, 7) is 0.686. The van der Waals surface area contributed by atoms with Gasteiger partial charge in [0, 0.05) is 30.9 Å². The van der Waals surface area contributed by atoms with Crippen LogP contribution < -0.4 is 5.32 Å². The first-order valence-corrected chi connectivity index (χ1v) is 10.9. The average Bonchev–Trinajstić information content (AvgIpc) is 3.28. The van der Waals surface area contributed by atoms with Gasteiger partial charge >= 0.3 is 11.9 Å². The second-order valence-electron chi connectivity index (χ2n) is 8.82. The number of hydrogen-bond donors (Lipinski definition) is 3. The van der Waals surface area contributed by atoms with Crippen molar-refractivity contribution in [3.63, 3.8) is 0 Å². The molecule has 1 aliphatic heterocycles. The number of nitrogens with zero attached hydrogens (tertiary/aromatic N) is 2. The van der Waals surface area contributed by atoms with Gasteiger partial charge in [-0.05, 0) is 32.1 Å². The van der Waals surface area contributed by atoms with Gasteiger partial charge in [0.05, 0.1) is 17.8 Å². The SMILES string of the molecule is O=C(O)C1CCC([N+](=O)[O-])CC1C(=O)NCCCCN1C(=O)C12CCCCC2C(=O)O. The van der Waals surface area contributed by atoms with E-state index in [-0.39, 0.29) is 31.7 Å². The van der Waals surface area contributed by atoms with Crippen LogP contribution in [0.25, 0.3) is 0 Å². The molecule has 3 rings (SSSR count). The van der Waals surface area contributed by atoms with E-state index in [4.69, 9.17) is 0 Å². The van der Waals surface area contributed by atoms with Gasteiger partial charge in [-0.2, -0.15) is 0 Å². The van der Waals surface area contributed by atoms with Gasteiger partial charge in [-0.25, -0.2) is 0 Å². The van der Waals surface area contributed by atoms with Crippen molar-refractivity contribution < 1.29 is 34.3 Å². The van der Waals surface area contributed by atoms with Crippen LogP contribution in [0.3, 0.4) is 0 Å². The molecule has 172 valence electrons. The molecule has 5 unspecified atom stereocenters. The summed E-state index contributed by atoms with van der Waals surface area (Å²) in [7, 11) is 0. The molecule has 1 spiro atoms. The van der Waals surface area contributed by atoms with E-state index in [1.165, 1.54) is 0 Å². The molecule has 0 aromatic carbocycles. The Kier molecular flexibility index (Phi) is 6.80. The zero-order chi connectivity index (χ0) is 22.8. The zero-order valence-corrected chi connectivity index (χ0v) is 17.3. The first kappa shape index (κ1) is 23.0. The number of rotatable bonds is 9. The maximum atomic E-state index is 12.5. The van der Waals surface area contributed by atoms with Gasteiger partial charge in [0.15, 0.2) is 0 Å². The summed E-state index contributed by atoms with van der Waals surface area (Å²) >= 11 is 0. The van der Waals surface area contributed by atoms with Gasteiger partial charge in [0.1, 0.15) is 5.54 Å². The molecule has 11 nitrogen and oxygen atoms in total. The quantitative estimate of drug-likeness (QED) is 0.206. The van der Waals surface area contributed by atoms with Crippen LogP contribution in [-0.4, -0.2) is 68.5 Å². The van der Waals surface area contributed by atoms with Crippen LogP contribution in [0.15, 0.2) is 0 Å². The smallest absolute Gasteiger partial charge is 0.309 e. The summed E-state index contributed by atoms with van der Waals surface area (Å²) in [6.07, 6.45) is 3.98. The molecule has 3 N–H and O–H groups in total. The highest BCUT2D eigenvalue weighted by atomic mass is 16.6. The minimum atomic E-state index is -1.12. The average molecular weight is 439 g/mol. The van der Waals surface area contributed by atoms with Crippen LogP contribution in [-0.2, 0) is 19.2 Å². The Labute approximate surface area is 179 Å². The molecule has 3 fully saturated rings. The summed E-state index contributed by atoms with van der Waals surface area (Å²) < 4.78 is 0. The lowest BCUT2D eigenvalue weighted by atomic mass is 9.76. The van der Waals surface area contributed by atoms with Crippen molar-refractivity contribution in [3.05, 3.63) is 10.1 Å². The number of carbonyl (C=O) groups is 4. The van der Waals surface area contributed by atoms with Gasteiger partial charge in [0.25, 0.3) is 0 Å². The molecule has 31 heavy (non-hydrogen) atoms. The number of carbonyl (C=O) groups excluding carboxylic acids is 2. The molecule has 0 aromatic heterocycles. The third kappa shape index (κ3) is 4.49. The van der Waals surface area contributed by atoms with E-state index in [2.05, 4.69) is 5.32 Å². The van der Waals surface area contributed by atoms with E-state index in [1.54, 1.807) is 4.90 Å². The van der Waals surface area contributed by atoms with Crippen LogP contribution in [0, 0.1) is 27.9 Å². The fourth-order valence-corrected chi connectivity index (χ4v) is 5.35. The van der Waals surface area contributed by atoms with Gasteiger partial charge in [-0.15, -0.1) is 0 Å². The fraction of sp³-hybridized carbons (Fsp3) is 0.800. The summed E-state index contributed by atoms with van der Waals surface area (Å²) in [5.74, 6) is -5.17. The van der Waals surface area contributed by atoms with Crippen molar-refractivity contribution in [2.24, 2.45) is 17.8 Å². The second kappa shape index (κ2) is 9.19. The number of nitro groups is 1. The second-order valence-corrected chi connectivity index (χ2v) is 8.82. The molecule has 0 radical (unpaired) electrons. The highest BCUT2D eigenvalue weighted by molar-refractivity contribution is 6.06. The van der Waals surface area contributed by atoms with Gasteiger partial charge in [-0.3, -0.25) is 29.3 Å². The Morgan fingerprint density at radius 1 is 1.10 bits per heavy atom. The number of amides is 2. The number of carboxylic acids is 2. The largest absolute Gasteiger partial charge is 0.481 e. The Hall–Kier alpha value is -2.72. The lowest BCUT2D eigenvalue weighted by molar-refractivity contribution is -0.528. The third-order valence-electron chi connectivity index (χ3n) is 7.10. The van der Waals surface area contributed by atoms with Crippen molar-refractivity contribution in [1.82, 2.24) is 10.2 Å². The third-order valence-corrected chi connectivity index (χ3v) is 7.10. The zero-order valence-electron chi connectivity index (χ0n) is 17.3. The molecule has 2 saturated carbocycles. The molecule has 2 amide bonds. The Bertz CT molecular complexity index is 772. The van der Waals surface area contributed by atoms with Gasteiger partial charge in [0.2, 0.25) is 17.9 Å². The Morgan fingerprint density at radius 3 is 2.48 bits per heavy atom. The Morgan fingerprint density at radius 2 is 1.84 bits per heavy atom. The Balaban J connectivity index is 1.44. The lowest BCUT2D eigenvalue weighted by Gasteiger charge is -2.29. The summed E-state index contributed by atoms with van der Waals surface area (Å²) in [4.78, 5) is 60.0. The first-order valence-electron chi connectivity index (χ1n) is 10.9. The van der Waals surface area contributed by atoms with Crippen LogP contribution in [0.1, 0.15) is 57.8 Å². The molecule has 3 aliphatic rings. The molecule has 0 aromatic rings. The molecule has 2 aliphatic carbocycles. The maximum Gasteiger partial charge on any atom is 0.309 e. The minimum absolute atomic E-state index is 0.0861. The monoisotopic (exact) mass is 439 g/mol. The van der Waals surface area contributed by atoms with Gasteiger partial charge < -0.3 is 20.4 Å². The van der Waals surface area contributed by atoms with Crippen LogP contribution in [0.5, 0.6) is 0 Å². The first-order chi connectivity index (χ1) is 14.7. The van der Waals surface area contributed by atoms with Crippen molar-refractivity contribution in [1.29, 1.82) is 0 Å². The van der Waals surface area contributed by atoms with Crippen LogP contribution in [0.4, 0.5) is 0 Å². The molecule has 1 heterocycles. The number of unbranched alkanes of at least 4 members (excludes halogenated alkanes) is 1. The van der Waals surface area contributed by atoms with E-state index < -0.39 is 52.1 Å². The van der Waals surface area contributed by atoms with E-state index in [1.807, 2.05) is 0 Å². The van der Waals surface area contributed by atoms with Gasteiger partial charge in [-0.1, -0.05) is 12.8 Å². The molecular weight excluding hydrogens is 410 g/mol. The molecular formula is C20H29N3O8. The number of nitrogens with one attached hydrogen (secondary N) is 1. The van der Waals surface area contributed by atoms with Crippen molar-refractivity contribution in [3.8, 4) is 0 Å². The lowest BCUT2D eigenvalue weighted by Crippen LogP contribution is -2.44. The van der Waals surface area contributed by atoms with Crippen molar-refractivity contribution in [2.45, 2.75) is 69.4 Å². The summed E-state index contributed by atoms with van der Waals surface area (Å²) in [5.41, 5.74) is -0.859. The van der Waals surface area contributed by atoms with Crippen LogP contribution in [0.2, 0.25) is 0 Å². The minimum Gasteiger partial charge on any atom is -0.481 e. The van der Waals surface area contributed by atoms with E-state index in [0.717, 1.165) is 12.8 Å². The van der Waals surface area contributed by atoms with E-state index in [0.29, 0.717) is 32.2 Å². The van der Waals surface area contributed by atoms with E-state index >= 15 is 0 Å². The highest BCUT2D eigenvalue weighted by Crippen LogP contribution is 2.50. The highest BCUT2D eigenvalue weighted by Gasteiger charge is 2.68. The predicted octanol–water partition coefficient (Wildman–Crippen LogP) is 0.885. The van der Waals surface area contributed by atoms with Crippen molar-refractivity contribution >= 4 is 23.8 Å². The fourth-order valence-electron chi connectivity index (χ4n) is 5.35. The standard InChI is InChI=1S/C20H29N3O8/c24-16(14-11-12(23(30)31)6-7-13(14)17(25)26)21-9-3-4-10-22-19(29)20(22)8-2-1-5-15(20)18(27)28/h12-15H,1-11H2,(H,21,24)(H,25,26)(H,27,28). The van der Waals surface area contributed by atoms with Crippen molar-refractivity contribution in [2.75, 3.05) is 13.1 Å². The summed E-state index contributed by atoms with van der Waals surface area (Å²) in [5, 5.41) is 32.5.